The molecule has 4 nitrogen and oxygen atoms in total. The maximum absolute atomic E-state index is 13.1. The van der Waals surface area contributed by atoms with E-state index in [2.05, 4.69) is 9.71 Å². The molecule has 0 fully saturated rings. The zero-order valence-electron chi connectivity index (χ0n) is 11.1. The summed E-state index contributed by atoms with van der Waals surface area (Å²) < 4.78 is 53.4. The van der Waals surface area contributed by atoms with Crippen LogP contribution < -0.4 is 4.72 Å². The monoisotopic (exact) mass is 340 g/mol. The molecule has 0 saturated heterocycles. The Morgan fingerprint density at radius 2 is 1.86 bits per heavy atom. The fraction of sp³-hybridized carbons (Fsp3) is 0.0714. The molecule has 114 valence electrons. The molecule has 1 aromatic heterocycles. The standard InChI is InChI=1S/C14H10F2N2O2S2/c15-10-6-5-9(7-11(10)16)22(19,20)17-8-14-18-12-3-1-2-4-13(12)21-14/h1-7,17H,8H2. The number of aromatic nitrogens is 1. The Morgan fingerprint density at radius 3 is 2.59 bits per heavy atom. The van der Waals surface area contributed by atoms with Crippen molar-refractivity contribution in [1.29, 1.82) is 0 Å². The van der Waals surface area contributed by atoms with Gasteiger partial charge in [0.25, 0.3) is 0 Å². The minimum absolute atomic E-state index is 0.0132. The summed E-state index contributed by atoms with van der Waals surface area (Å²) in [5, 5.41) is 0.590. The molecule has 2 aromatic carbocycles. The van der Waals surface area contributed by atoms with Gasteiger partial charge in [-0.3, -0.25) is 0 Å². The molecule has 3 rings (SSSR count). The van der Waals surface area contributed by atoms with E-state index >= 15 is 0 Å². The zero-order chi connectivity index (χ0) is 15.7. The fourth-order valence-corrected chi connectivity index (χ4v) is 3.88. The summed E-state index contributed by atoms with van der Waals surface area (Å²) in [5.41, 5.74) is 0.787. The van der Waals surface area contributed by atoms with Crippen LogP contribution in [0.3, 0.4) is 0 Å². The maximum Gasteiger partial charge on any atom is 0.241 e. The number of thiazole rings is 1. The van der Waals surface area contributed by atoms with E-state index in [0.29, 0.717) is 11.1 Å². The van der Waals surface area contributed by atoms with Gasteiger partial charge in [-0.15, -0.1) is 11.3 Å². The number of hydrogen-bond acceptors (Lipinski definition) is 4. The lowest BCUT2D eigenvalue weighted by molar-refractivity contribution is 0.504. The van der Waals surface area contributed by atoms with E-state index < -0.39 is 21.7 Å². The Labute approximate surface area is 129 Å². The highest BCUT2D eigenvalue weighted by atomic mass is 32.2. The Hall–Kier alpha value is -1.90. The third-order valence-electron chi connectivity index (χ3n) is 2.95. The van der Waals surface area contributed by atoms with Crippen LogP contribution in [0, 0.1) is 11.6 Å². The summed E-state index contributed by atoms with van der Waals surface area (Å²) in [4.78, 5) is 3.97. The summed E-state index contributed by atoms with van der Waals surface area (Å²) in [7, 11) is -3.93. The first-order valence-electron chi connectivity index (χ1n) is 6.25. The van der Waals surface area contributed by atoms with Crippen LogP contribution >= 0.6 is 11.3 Å². The van der Waals surface area contributed by atoms with Gasteiger partial charge in [0.15, 0.2) is 11.6 Å². The van der Waals surface area contributed by atoms with Crippen LogP contribution in [0.25, 0.3) is 10.2 Å². The van der Waals surface area contributed by atoms with Crippen LogP contribution in [0.5, 0.6) is 0 Å². The van der Waals surface area contributed by atoms with Crippen molar-refractivity contribution in [2.24, 2.45) is 0 Å². The van der Waals surface area contributed by atoms with E-state index in [1.165, 1.54) is 11.3 Å². The molecule has 0 aliphatic heterocycles. The molecule has 22 heavy (non-hydrogen) atoms. The Balaban J connectivity index is 1.80. The first-order chi connectivity index (χ1) is 10.5. The van der Waals surface area contributed by atoms with Crippen molar-refractivity contribution in [1.82, 2.24) is 9.71 Å². The van der Waals surface area contributed by atoms with Gasteiger partial charge in [0, 0.05) is 0 Å². The summed E-state index contributed by atoms with van der Waals surface area (Å²) in [6.45, 7) is -0.0132. The van der Waals surface area contributed by atoms with Gasteiger partial charge >= 0.3 is 0 Å². The number of nitrogens with one attached hydrogen (secondary N) is 1. The van der Waals surface area contributed by atoms with Crippen LogP contribution in [-0.2, 0) is 16.6 Å². The second-order valence-electron chi connectivity index (χ2n) is 4.48. The molecule has 1 N–H and O–H groups in total. The Kier molecular flexibility index (Phi) is 3.90. The fourth-order valence-electron chi connectivity index (χ4n) is 1.88. The number of hydrogen-bond donors (Lipinski definition) is 1. The highest BCUT2D eigenvalue weighted by Gasteiger charge is 2.17. The SMILES string of the molecule is O=S(=O)(NCc1nc2ccccc2s1)c1ccc(F)c(F)c1. The number of fused-ring (bicyclic) bond motifs is 1. The second kappa shape index (κ2) is 5.71. The Morgan fingerprint density at radius 1 is 1.09 bits per heavy atom. The van der Waals surface area contributed by atoms with Crippen molar-refractivity contribution >= 4 is 31.6 Å². The first-order valence-corrected chi connectivity index (χ1v) is 8.55. The van der Waals surface area contributed by atoms with E-state index in [1.54, 1.807) is 0 Å². The molecule has 3 aromatic rings. The van der Waals surface area contributed by atoms with Crippen molar-refractivity contribution in [3.8, 4) is 0 Å². The molecule has 1 heterocycles. The molecule has 8 heteroatoms. The molecule has 0 amide bonds. The molecule has 0 saturated carbocycles. The summed E-state index contributed by atoms with van der Waals surface area (Å²) >= 11 is 1.37. The summed E-state index contributed by atoms with van der Waals surface area (Å²) in [5.74, 6) is -2.30. The van der Waals surface area contributed by atoms with Gasteiger partial charge in [0.2, 0.25) is 10.0 Å². The molecule has 0 spiro atoms. The van der Waals surface area contributed by atoms with Gasteiger partial charge in [-0.05, 0) is 30.3 Å². The lowest BCUT2D eigenvalue weighted by atomic mass is 10.3. The molecule has 0 bridgehead atoms. The van der Waals surface area contributed by atoms with E-state index in [1.807, 2.05) is 24.3 Å². The first kappa shape index (κ1) is 15.0. The van der Waals surface area contributed by atoms with Crippen LogP contribution in [-0.4, -0.2) is 13.4 Å². The average Bonchev–Trinajstić information content (AvgIpc) is 2.91. The van der Waals surface area contributed by atoms with Gasteiger partial charge in [-0.25, -0.2) is 26.9 Å². The van der Waals surface area contributed by atoms with E-state index in [9.17, 15) is 17.2 Å². The maximum atomic E-state index is 13.1. The van der Waals surface area contributed by atoms with Gasteiger partial charge in [0.05, 0.1) is 21.7 Å². The molecule has 0 radical (unpaired) electrons. The van der Waals surface area contributed by atoms with Crippen LogP contribution in [0.2, 0.25) is 0 Å². The smallest absolute Gasteiger partial charge is 0.240 e. The number of halogens is 2. The van der Waals surface area contributed by atoms with E-state index in [4.69, 9.17) is 0 Å². The number of para-hydroxylation sites is 1. The topological polar surface area (TPSA) is 59.1 Å². The average molecular weight is 340 g/mol. The molecular weight excluding hydrogens is 330 g/mol. The van der Waals surface area contributed by atoms with E-state index in [-0.39, 0.29) is 11.4 Å². The summed E-state index contributed by atoms with van der Waals surface area (Å²) in [6, 6.07) is 9.88. The van der Waals surface area contributed by atoms with Gasteiger partial charge in [0.1, 0.15) is 5.01 Å². The number of nitrogens with zero attached hydrogens (tertiary/aromatic N) is 1. The normalized spacial score (nSPS) is 11.9. The third kappa shape index (κ3) is 2.99. The van der Waals surface area contributed by atoms with Crippen molar-refractivity contribution in [3.63, 3.8) is 0 Å². The molecule has 0 unspecified atom stereocenters. The third-order valence-corrected chi connectivity index (χ3v) is 5.39. The van der Waals surface area contributed by atoms with Gasteiger partial charge in [-0.1, -0.05) is 12.1 Å². The molecule has 0 atom stereocenters. The number of sulfonamides is 1. The second-order valence-corrected chi connectivity index (χ2v) is 7.36. The van der Waals surface area contributed by atoms with Crippen LogP contribution in [0.15, 0.2) is 47.4 Å². The number of rotatable bonds is 4. The largest absolute Gasteiger partial charge is 0.241 e. The minimum atomic E-state index is -3.93. The minimum Gasteiger partial charge on any atom is -0.240 e. The lowest BCUT2D eigenvalue weighted by Gasteiger charge is -2.05. The lowest BCUT2D eigenvalue weighted by Crippen LogP contribution is -2.23. The van der Waals surface area contributed by atoms with Gasteiger partial charge in [-0.2, -0.15) is 0 Å². The highest BCUT2D eigenvalue weighted by molar-refractivity contribution is 7.89. The quantitative estimate of drug-likeness (QED) is 0.794. The molecule has 0 aliphatic rings. The van der Waals surface area contributed by atoms with Crippen molar-refractivity contribution in [3.05, 3.63) is 59.1 Å². The van der Waals surface area contributed by atoms with E-state index in [0.717, 1.165) is 22.3 Å². The molecule has 0 aliphatic carbocycles. The predicted molar refractivity (Wildman–Crippen MR) is 80.0 cm³/mol. The Bertz CT molecular complexity index is 906. The van der Waals surface area contributed by atoms with Crippen molar-refractivity contribution in [2.45, 2.75) is 11.4 Å². The van der Waals surface area contributed by atoms with Crippen molar-refractivity contribution in [2.75, 3.05) is 0 Å². The van der Waals surface area contributed by atoms with Gasteiger partial charge < -0.3 is 0 Å². The molecular formula is C14H10F2N2O2S2. The zero-order valence-corrected chi connectivity index (χ0v) is 12.7. The van der Waals surface area contributed by atoms with Crippen molar-refractivity contribution < 1.29 is 17.2 Å². The van der Waals surface area contributed by atoms with Crippen LogP contribution in [0.1, 0.15) is 5.01 Å². The highest BCUT2D eigenvalue weighted by Crippen LogP contribution is 2.22. The predicted octanol–water partition coefficient (Wildman–Crippen LogP) is 3.05. The number of benzene rings is 2. The van der Waals surface area contributed by atoms with Crippen LogP contribution in [0.4, 0.5) is 8.78 Å². The summed E-state index contributed by atoms with van der Waals surface area (Å²) in [6.07, 6.45) is 0.